The molecule has 0 unspecified atom stereocenters. The van der Waals surface area contributed by atoms with Gasteiger partial charge in [-0.3, -0.25) is 0 Å². The van der Waals surface area contributed by atoms with Crippen LogP contribution in [0.1, 0.15) is 0 Å². The van der Waals surface area contributed by atoms with Gasteiger partial charge in [-0.15, -0.1) is 0 Å². The Bertz CT molecular complexity index is 330. The Balaban J connectivity index is -0.00000000846. The van der Waals surface area contributed by atoms with Crippen LogP contribution in [0.3, 0.4) is 0 Å². The van der Waals surface area contributed by atoms with Gasteiger partial charge in [-0.25, -0.2) is 8.42 Å². The average molecular weight is 474 g/mol. The van der Waals surface area contributed by atoms with Crippen LogP contribution in [0.25, 0.3) is 0 Å². The molecule has 1 aliphatic rings. The second kappa shape index (κ2) is 35.5. The zero-order valence-electron chi connectivity index (χ0n) is 11.7. The quantitative estimate of drug-likeness (QED) is 0.209. The summed E-state index contributed by atoms with van der Waals surface area (Å²) < 4.78 is 60.4. The van der Waals surface area contributed by atoms with Crippen molar-refractivity contribution in [3.8, 4) is 0 Å². The topological polar surface area (TPSA) is 497 Å². The van der Waals surface area contributed by atoms with E-state index in [0.717, 1.165) is 0 Å². The van der Waals surface area contributed by atoms with Gasteiger partial charge in [0.2, 0.25) is 0 Å². The van der Waals surface area contributed by atoms with Crippen LogP contribution in [-0.4, -0.2) is 102 Å². The third-order valence-electron chi connectivity index (χ3n) is 0.589. The first-order chi connectivity index (χ1) is 4.79. The molecule has 1 fully saturated rings. The molecule has 160 valence electrons. The molecule has 0 radical (unpaired) electrons. The normalized spacial score (nSPS) is 10.5. The summed E-state index contributed by atoms with van der Waals surface area (Å²) in [6, 6.07) is 0. The van der Waals surface area contributed by atoms with Crippen molar-refractivity contribution in [2.24, 2.45) is 0 Å². The van der Waals surface area contributed by atoms with Crippen molar-refractivity contribution >= 4 is 35.9 Å². The molecule has 0 saturated carbocycles. The third-order valence-corrected chi connectivity index (χ3v) is 5.30. The van der Waals surface area contributed by atoms with E-state index in [9.17, 15) is 21.4 Å². The summed E-state index contributed by atoms with van der Waals surface area (Å²) in [7, 11) is -9.01. The van der Waals surface area contributed by atoms with Crippen molar-refractivity contribution in [3.05, 3.63) is 0 Å². The molecule has 24 N–H and O–H groups in total. The van der Waals surface area contributed by atoms with Crippen molar-refractivity contribution in [1.29, 1.82) is 0 Å². The van der Waals surface area contributed by atoms with Gasteiger partial charge in [-0.1, -0.05) is 0 Å². The molecule has 1 aliphatic heterocycles. The van der Waals surface area contributed by atoms with Crippen LogP contribution in [0.5, 0.6) is 0 Å². The Labute approximate surface area is 182 Å². The van der Waals surface area contributed by atoms with Crippen LogP contribution in [0.2, 0.25) is 0 Å². The molecular formula is H24AlKO20S2. The van der Waals surface area contributed by atoms with E-state index in [2.05, 4.69) is 9.70 Å². The van der Waals surface area contributed by atoms with Gasteiger partial charge >= 0.3 is 76.9 Å². The molecule has 1 saturated heterocycles. The van der Waals surface area contributed by atoms with Gasteiger partial charge in [0.25, 0.3) is 0 Å². The zero-order chi connectivity index (χ0) is 8.70. The fraction of sp³-hybridized carbons (Fsp3) is 0. The first-order valence-electron chi connectivity index (χ1n) is 2.04. The van der Waals surface area contributed by atoms with Crippen LogP contribution >= 0.6 is 0 Å². The Hall–Kier alpha value is 1.43. The monoisotopic (exact) mass is 474 g/mol. The van der Waals surface area contributed by atoms with Crippen LogP contribution in [0.4, 0.5) is 0 Å². The molecule has 1 rings (SSSR count). The van der Waals surface area contributed by atoms with E-state index in [4.69, 9.17) is 0 Å². The second-order valence-corrected chi connectivity index (χ2v) is 5.91. The molecule has 0 atom stereocenters. The van der Waals surface area contributed by atoms with E-state index in [1.54, 1.807) is 0 Å². The Kier molecular flexibility index (Phi) is 145. The molecule has 0 aromatic heterocycles. The van der Waals surface area contributed by atoms with E-state index < -0.39 is 35.9 Å². The molecule has 1 heterocycles. The molecule has 20 nitrogen and oxygen atoms in total. The minimum Gasteiger partial charge on any atom is -0.727 e. The zero-order valence-corrected chi connectivity index (χ0v) is 17.6. The van der Waals surface area contributed by atoms with Gasteiger partial charge < -0.3 is 80.0 Å². The fourth-order valence-electron chi connectivity index (χ4n) is 0.328. The molecule has 24 heteroatoms. The van der Waals surface area contributed by atoms with Crippen LogP contribution in [-0.2, 0) is 30.5 Å². The number of rotatable bonds is 2. The van der Waals surface area contributed by atoms with Gasteiger partial charge in [-0.05, 0) is 0 Å². The van der Waals surface area contributed by atoms with Gasteiger partial charge in [0, 0.05) is 0 Å². The molecule has 0 amide bonds. The Morgan fingerprint density at radius 3 is 1.04 bits per heavy atom. The minimum absolute atomic E-state index is 0. The Morgan fingerprint density at radius 1 is 0.708 bits per heavy atom. The maximum Gasteiger partial charge on any atom is 1.00 e. The van der Waals surface area contributed by atoms with Crippen molar-refractivity contribution < 1.29 is 148 Å². The predicted octanol–water partition coefficient (Wildman–Crippen LogP) is -15.2. The molecule has 0 aliphatic carbocycles. The summed E-state index contributed by atoms with van der Waals surface area (Å²) in [5.74, 6) is 0. The van der Waals surface area contributed by atoms with Gasteiger partial charge in [0.1, 0.15) is 0 Å². The summed E-state index contributed by atoms with van der Waals surface area (Å²) in [6.07, 6.45) is 0. The van der Waals surface area contributed by atoms with Crippen LogP contribution < -0.4 is 51.4 Å². The first-order valence-corrected chi connectivity index (χ1v) is 6.12. The molecule has 24 heavy (non-hydrogen) atoms. The number of hydrogen-bond donors (Lipinski definition) is 0. The fourth-order valence-corrected chi connectivity index (χ4v) is 3.53. The van der Waals surface area contributed by atoms with Crippen molar-refractivity contribution in [1.82, 2.24) is 0 Å². The average Bonchev–Trinajstić information content (AvgIpc) is 1.53. The van der Waals surface area contributed by atoms with E-state index in [1.807, 2.05) is 0 Å². The predicted molar refractivity (Wildman–Crippen MR) is 71.0 cm³/mol. The van der Waals surface area contributed by atoms with E-state index in [1.165, 1.54) is 0 Å². The summed E-state index contributed by atoms with van der Waals surface area (Å²) in [4.78, 5) is 0. The van der Waals surface area contributed by atoms with Gasteiger partial charge in [0.05, 0.1) is 0 Å². The number of hydrogen-bond acceptors (Lipinski definition) is 8. The van der Waals surface area contributed by atoms with Crippen molar-refractivity contribution in [2.45, 2.75) is 0 Å². The third kappa shape index (κ3) is 43.7. The SMILES string of the molecule is O.O.O.O.O.O.O.O.O.O.O.O.O=S(=O)([O-])[O][Al]1[O]S(=O)(=O)[O]1.[K+]. The van der Waals surface area contributed by atoms with E-state index >= 15 is 0 Å². The molecule has 0 aromatic rings. The molecular weight excluding hydrogens is 450 g/mol. The van der Waals surface area contributed by atoms with Crippen LogP contribution in [0, 0.1) is 0 Å². The maximum atomic E-state index is 10.00. The minimum atomic E-state index is -4.94. The van der Waals surface area contributed by atoms with Crippen molar-refractivity contribution in [2.75, 3.05) is 0 Å². The smallest absolute Gasteiger partial charge is 0.727 e. The summed E-state index contributed by atoms with van der Waals surface area (Å²) in [5, 5.41) is 0. The molecule has 0 aromatic carbocycles. The largest absolute Gasteiger partial charge is 1.00 e. The van der Waals surface area contributed by atoms with E-state index in [-0.39, 0.29) is 117 Å². The standard InChI is InChI=1S/Al.K.2H2O4S.12H2O/c;;2*1-5(2,3)4;;;;;;;;;;;;/h;;2*(H2,1,2,3,4);12*1H2/q+3;+1;;;;;;;;;;;;;;/p-4. The maximum absolute atomic E-state index is 10.00. The van der Waals surface area contributed by atoms with E-state index in [0.29, 0.717) is 0 Å². The Morgan fingerprint density at radius 2 is 0.917 bits per heavy atom. The summed E-state index contributed by atoms with van der Waals surface area (Å²) in [6.45, 7) is 0. The van der Waals surface area contributed by atoms with Crippen LogP contribution in [0.15, 0.2) is 0 Å². The first kappa shape index (κ1) is 98.2. The summed E-state index contributed by atoms with van der Waals surface area (Å²) in [5.41, 5.74) is 0. The second-order valence-electron chi connectivity index (χ2n) is 1.39. The van der Waals surface area contributed by atoms with Crippen molar-refractivity contribution in [3.63, 3.8) is 0 Å². The van der Waals surface area contributed by atoms with Gasteiger partial charge in [-0.2, -0.15) is 8.42 Å². The molecule has 0 bridgehead atoms. The summed E-state index contributed by atoms with van der Waals surface area (Å²) >= 11 is -3.24. The molecule has 0 spiro atoms. The van der Waals surface area contributed by atoms with Gasteiger partial charge in [0.15, 0.2) is 10.4 Å².